The van der Waals surface area contributed by atoms with Crippen LogP contribution in [0.5, 0.6) is 0 Å². The molecule has 1 aliphatic rings. The van der Waals surface area contributed by atoms with E-state index >= 15 is 0 Å². The van der Waals surface area contributed by atoms with Gasteiger partial charge in [0.2, 0.25) is 12.3 Å². The molecule has 0 radical (unpaired) electrons. The Hall–Kier alpha value is -1.84. The zero-order valence-corrected chi connectivity index (χ0v) is 14.0. The average Bonchev–Trinajstić information content (AvgIpc) is 2.62. The summed E-state index contributed by atoms with van der Waals surface area (Å²) in [5.74, 6) is 0.690. The smallest absolute Gasteiger partial charge is 0.227 e. The van der Waals surface area contributed by atoms with Crippen LogP contribution in [0.2, 0.25) is 0 Å². The molecule has 1 N–H and O–H groups in total. The maximum atomic E-state index is 12.7. The van der Waals surface area contributed by atoms with Gasteiger partial charge in [0.1, 0.15) is 0 Å². The van der Waals surface area contributed by atoms with Crippen molar-refractivity contribution in [3.63, 3.8) is 0 Å². The average molecular weight is 316 g/mol. The lowest BCUT2D eigenvalue weighted by Gasteiger charge is -2.34. The predicted molar refractivity (Wildman–Crippen MR) is 92.1 cm³/mol. The van der Waals surface area contributed by atoms with Gasteiger partial charge in [-0.25, -0.2) is 0 Å². The van der Waals surface area contributed by atoms with Crippen molar-refractivity contribution < 1.29 is 9.59 Å². The molecule has 4 nitrogen and oxygen atoms in total. The first kappa shape index (κ1) is 17.5. The van der Waals surface area contributed by atoms with E-state index in [0.29, 0.717) is 18.9 Å². The molecule has 126 valence electrons. The van der Waals surface area contributed by atoms with E-state index in [4.69, 9.17) is 0 Å². The van der Waals surface area contributed by atoms with Crippen LogP contribution < -0.4 is 5.32 Å². The van der Waals surface area contributed by atoms with E-state index < -0.39 is 0 Å². The lowest BCUT2D eigenvalue weighted by atomic mass is 9.88. The number of piperidine rings is 1. The number of hydrogen-bond acceptors (Lipinski definition) is 2. The molecular weight excluding hydrogens is 288 g/mol. The number of likely N-dealkylation sites (tertiary alicyclic amines) is 1. The van der Waals surface area contributed by atoms with Gasteiger partial charge in [-0.3, -0.25) is 9.59 Å². The summed E-state index contributed by atoms with van der Waals surface area (Å²) in [4.78, 5) is 25.3. The Morgan fingerprint density at radius 1 is 1.30 bits per heavy atom. The summed E-state index contributed by atoms with van der Waals surface area (Å²) in [7, 11) is 0. The molecule has 0 bridgehead atoms. The van der Waals surface area contributed by atoms with Crippen LogP contribution >= 0.6 is 0 Å². The van der Waals surface area contributed by atoms with E-state index in [2.05, 4.69) is 36.5 Å². The molecule has 0 aromatic heterocycles. The zero-order chi connectivity index (χ0) is 16.5. The third-order valence-corrected chi connectivity index (χ3v) is 4.78. The molecule has 1 aromatic carbocycles. The fraction of sp³-hybridized carbons (Fsp3) is 0.579. The molecule has 2 rings (SSSR count). The second-order valence-electron chi connectivity index (χ2n) is 6.38. The Kier molecular flexibility index (Phi) is 7.11. The summed E-state index contributed by atoms with van der Waals surface area (Å²) in [5.41, 5.74) is 1.38. The number of nitrogens with zero attached hydrogens (tertiary/aromatic N) is 1. The Labute approximate surface area is 139 Å². The van der Waals surface area contributed by atoms with Crippen LogP contribution in [0.1, 0.15) is 50.5 Å². The SMILES string of the molecule is CCCC[C@H](CNC=O)C(=O)N1CCC(c2ccccc2)CC1. The number of hydrogen-bond donors (Lipinski definition) is 1. The van der Waals surface area contributed by atoms with E-state index in [9.17, 15) is 9.59 Å². The van der Waals surface area contributed by atoms with Gasteiger partial charge in [0, 0.05) is 19.6 Å². The number of benzene rings is 1. The topological polar surface area (TPSA) is 49.4 Å². The molecule has 1 fully saturated rings. The number of carbonyl (C=O) groups excluding carboxylic acids is 2. The Morgan fingerprint density at radius 3 is 2.61 bits per heavy atom. The van der Waals surface area contributed by atoms with Crippen molar-refractivity contribution in [1.82, 2.24) is 10.2 Å². The molecule has 2 amide bonds. The number of rotatable bonds is 8. The van der Waals surface area contributed by atoms with Crippen LogP contribution in [0.4, 0.5) is 0 Å². The third-order valence-electron chi connectivity index (χ3n) is 4.78. The summed E-state index contributed by atoms with van der Waals surface area (Å²) in [5, 5.41) is 2.68. The molecule has 1 heterocycles. The van der Waals surface area contributed by atoms with Crippen LogP contribution in [0.3, 0.4) is 0 Å². The molecule has 0 saturated carbocycles. The Bertz CT molecular complexity index is 481. The van der Waals surface area contributed by atoms with Gasteiger partial charge in [0.05, 0.1) is 5.92 Å². The maximum Gasteiger partial charge on any atom is 0.227 e. The Morgan fingerprint density at radius 2 is 2.00 bits per heavy atom. The molecule has 1 aromatic rings. The maximum absolute atomic E-state index is 12.7. The Balaban J connectivity index is 1.88. The van der Waals surface area contributed by atoms with E-state index in [1.54, 1.807) is 0 Å². The summed E-state index contributed by atoms with van der Waals surface area (Å²) < 4.78 is 0. The van der Waals surface area contributed by atoms with Crippen LogP contribution in [-0.2, 0) is 9.59 Å². The summed E-state index contributed by atoms with van der Waals surface area (Å²) in [6.45, 7) is 4.23. The van der Waals surface area contributed by atoms with Crippen LogP contribution in [0, 0.1) is 5.92 Å². The van der Waals surface area contributed by atoms with Gasteiger partial charge in [0.25, 0.3) is 0 Å². The van der Waals surface area contributed by atoms with E-state index in [0.717, 1.165) is 45.2 Å². The molecule has 4 heteroatoms. The van der Waals surface area contributed by atoms with Crippen molar-refractivity contribution in [3.8, 4) is 0 Å². The minimum absolute atomic E-state index is 0.0755. The van der Waals surface area contributed by atoms with Crippen molar-refractivity contribution >= 4 is 12.3 Å². The van der Waals surface area contributed by atoms with Crippen molar-refractivity contribution in [1.29, 1.82) is 0 Å². The quantitative estimate of drug-likeness (QED) is 0.750. The van der Waals surface area contributed by atoms with Crippen molar-refractivity contribution in [2.24, 2.45) is 5.92 Å². The summed E-state index contributed by atoms with van der Waals surface area (Å²) >= 11 is 0. The third kappa shape index (κ3) is 5.08. The van der Waals surface area contributed by atoms with Crippen LogP contribution in [-0.4, -0.2) is 36.9 Å². The fourth-order valence-electron chi connectivity index (χ4n) is 3.37. The number of carbonyl (C=O) groups is 2. The van der Waals surface area contributed by atoms with Gasteiger partial charge in [-0.05, 0) is 30.7 Å². The highest BCUT2D eigenvalue weighted by molar-refractivity contribution is 5.79. The highest BCUT2D eigenvalue weighted by Crippen LogP contribution is 2.28. The minimum Gasteiger partial charge on any atom is -0.358 e. The molecule has 23 heavy (non-hydrogen) atoms. The van der Waals surface area contributed by atoms with Gasteiger partial charge in [-0.15, -0.1) is 0 Å². The zero-order valence-electron chi connectivity index (χ0n) is 14.0. The predicted octanol–water partition coefficient (Wildman–Crippen LogP) is 2.95. The molecule has 1 saturated heterocycles. The highest BCUT2D eigenvalue weighted by atomic mass is 16.2. The van der Waals surface area contributed by atoms with Gasteiger partial charge in [-0.2, -0.15) is 0 Å². The van der Waals surface area contributed by atoms with E-state index in [1.807, 2.05) is 11.0 Å². The van der Waals surface area contributed by atoms with Gasteiger partial charge < -0.3 is 10.2 Å². The summed E-state index contributed by atoms with van der Waals surface area (Å²) in [6.07, 6.45) is 5.69. The van der Waals surface area contributed by atoms with Crippen molar-refractivity contribution in [2.45, 2.75) is 44.9 Å². The number of nitrogens with one attached hydrogen (secondary N) is 1. The molecule has 0 aliphatic carbocycles. The first-order chi connectivity index (χ1) is 11.3. The minimum atomic E-state index is -0.0755. The molecule has 1 aliphatic heterocycles. The molecular formula is C19H28N2O2. The van der Waals surface area contributed by atoms with Gasteiger partial charge in [0.15, 0.2) is 0 Å². The second kappa shape index (κ2) is 9.33. The largest absolute Gasteiger partial charge is 0.358 e. The standard InChI is InChI=1S/C19H28N2O2/c1-2-3-7-18(14-20-15-22)19(23)21-12-10-17(11-13-21)16-8-5-4-6-9-16/h4-6,8-9,15,17-18H,2-3,7,10-14H2,1H3,(H,20,22)/t18-/m1/s1. The number of unbranched alkanes of at least 4 members (excludes halogenated alkanes) is 1. The first-order valence-electron chi connectivity index (χ1n) is 8.77. The van der Waals surface area contributed by atoms with E-state index in [-0.39, 0.29) is 11.8 Å². The monoisotopic (exact) mass is 316 g/mol. The fourth-order valence-corrected chi connectivity index (χ4v) is 3.37. The molecule has 0 spiro atoms. The highest BCUT2D eigenvalue weighted by Gasteiger charge is 2.28. The van der Waals surface area contributed by atoms with Crippen LogP contribution in [0.25, 0.3) is 0 Å². The normalized spacial score (nSPS) is 16.8. The summed E-state index contributed by atoms with van der Waals surface area (Å²) in [6, 6.07) is 10.6. The van der Waals surface area contributed by atoms with Crippen molar-refractivity contribution in [3.05, 3.63) is 35.9 Å². The van der Waals surface area contributed by atoms with Gasteiger partial charge in [-0.1, -0.05) is 50.1 Å². The lowest BCUT2D eigenvalue weighted by Crippen LogP contribution is -2.44. The first-order valence-corrected chi connectivity index (χ1v) is 8.77. The van der Waals surface area contributed by atoms with E-state index in [1.165, 1.54) is 5.56 Å². The van der Waals surface area contributed by atoms with Crippen molar-refractivity contribution in [2.75, 3.05) is 19.6 Å². The number of amides is 2. The lowest BCUT2D eigenvalue weighted by molar-refractivity contribution is -0.136. The van der Waals surface area contributed by atoms with Crippen LogP contribution in [0.15, 0.2) is 30.3 Å². The molecule has 0 unspecified atom stereocenters. The second-order valence-corrected chi connectivity index (χ2v) is 6.38. The molecule has 1 atom stereocenters. The van der Waals surface area contributed by atoms with Gasteiger partial charge >= 0.3 is 0 Å².